The first-order chi connectivity index (χ1) is 10.6. The number of aromatic nitrogens is 2. The lowest BCUT2D eigenvalue weighted by Gasteiger charge is -2.06. The van der Waals surface area contributed by atoms with Crippen molar-refractivity contribution in [2.75, 3.05) is 5.32 Å². The maximum Gasteiger partial charge on any atom is 0.255 e. The molecule has 0 aliphatic heterocycles. The minimum Gasteiger partial charge on any atom is -0.322 e. The van der Waals surface area contributed by atoms with Crippen LogP contribution in [-0.2, 0) is 7.05 Å². The van der Waals surface area contributed by atoms with Gasteiger partial charge in [-0.3, -0.25) is 9.59 Å². The SMILES string of the molecule is Cn1ccc(C(=O)Nc2ccc(-c3nccs3)cc2)cc1=O. The average molecular weight is 311 g/mol. The molecule has 0 saturated heterocycles. The first-order valence-electron chi connectivity index (χ1n) is 6.61. The minimum atomic E-state index is -0.306. The van der Waals surface area contributed by atoms with Crippen LogP contribution < -0.4 is 10.9 Å². The van der Waals surface area contributed by atoms with Gasteiger partial charge in [0.05, 0.1) is 0 Å². The van der Waals surface area contributed by atoms with Gasteiger partial charge in [-0.05, 0) is 30.3 Å². The van der Waals surface area contributed by atoms with Crippen molar-refractivity contribution in [3.05, 3.63) is 70.1 Å². The molecule has 2 aromatic heterocycles. The summed E-state index contributed by atoms with van der Waals surface area (Å²) < 4.78 is 1.42. The Kier molecular flexibility index (Phi) is 3.84. The molecule has 0 spiro atoms. The quantitative estimate of drug-likeness (QED) is 0.809. The van der Waals surface area contributed by atoms with Crippen LogP contribution in [0.1, 0.15) is 10.4 Å². The molecule has 0 aliphatic rings. The van der Waals surface area contributed by atoms with E-state index in [0.717, 1.165) is 10.6 Å². The fraction of sp³-hybridized carbons (Fsp3) is 0.0625. The third kappa shape index (κ3) is 2.96. The molecule has 0 saturated carbocycles. The number of hydrogen-bond donors (Lipinski definition) is 1. The van der Waals surface area contributed by atoms with Crippen molar-refractivity contribution < 1.29 is 4.79 Å². The molecule has 6 heteroatoms. The topological polar surface area (TPSA) is 64.0 Å². The zero-order valence-electron chi connectivity index (χ0n) is 11.8. The van der Waals surface area contributed by atoms with Gasteiger partial charge in [-0.15, -0.1) is 11.3 Å². The van der Waals surface area contributed by atoms with Crippen molar-refractivity contribution in [1.29, 1.82) is 0 Å². The first kappa shape index (κ1) is 14.2. The number of benzene rings is 1. The Morgan fingerprint density at radius 2 is 2.00 bits per heavy atom. The van der Waals surface area contributed by atoms with Crippen molar-refractivity contribution >= 4 is 22.9 Å². The average Bonchev–Trinajstić information content (AvgIpc) is 3.05. The van der Waals surface area contributed by atoms with Gasteiger partial charge < -0.3 is 9.88 Å². The van der Waals surface area contributed by atoms with E-state index >= 15 is 0 Å². The molecule has 1 amide bonds. The van der Waals surface area contributed by atoms with Gasteiger partial charge in [0.25, 0.3) is 11.5 Å². The minimum absolute atomic E-state index is 0.216. The summed E-state index contributed by atoms with van der Waals surface area (Å²) >= 11 is 1.56. The predicted octanol–water partition coefficient (Wildman–Crippen LogP) is 2.76. The van der Waals surface area contributed by atoms with Crippen LogP contribution in [0.15, 0.2) is 59.0 Å². The molecule has 0 unspecified atom stereocenters. The van der Waals surface area contributed by atoms with Gasteiger partial charge >= 0.3 is 0 Å². The van der Waals surface area contributed by atoms with Crippen molar-refractivity contribution in [1.82, 2.24) is 9.55 Å². The van der Waals surface area contributed by atoms with Gasteiger partial charge in [0, 0.05) is 47.7 Å². The van der Waals surface area contributed by atoms with E-state index in [-0.39, 0.29) is 11.5 Å². The molecule has 3 rings (SSSR count). The molecular weight excluding hydrogens is 298 g/mol. The summed E-state index contributed by atoms with van der Waals surface area (Å²) in [5.74, 6) is -0.306. The number of thiazole rings is 1. The molecule has 0 radical (unpaired) electrons. The predicted molar refractivity (Wildman–Crippen MR) is 87.2 cm³/mol. The summed E-state index contributed by atoms with van der Waals surface area (Å²) in [5.41, 5.74) is 1.80. The second kappa shape index (κ2) is 5.95. The number of nitrogens with zero attached hydrogens (tertiary/aromatic N) is 2. The van der Waals surface area contributed by atoms with Gasteiger partial charge in [-0.25, -0.2) is 4.98 Å². The number of amides is 1. The third-order valence-corrected chi connectivity index (χ3v) is 4.01. The number of nitrogens with one attached hydrogen (secondary N) is 1. The Hall–Kier alpha value is -2.73. The lowest BCUT2D eigenvalue weighted by atomic mass is 10.2. The molecule has 0 atom stereocenters. The molecule has 5 nitrogen and oxygen atoms in total. The Labute approximate surface area is 130 Å². The fourth-order valence-electron chi connectivity index (χ4n) is 1.96. The standard InChI is InChI=1S/C16H13N3O2S/c1-19-8-6-12(10-14(19)20)15(21)18-13-4-2-11(3-5-13)16-17-7-9-22-16/h2-10H,1H3,(H,18,21). The summed E-state index contributed by atoms with van der Waals surface area (Å²) in [6.45, 7) is 0. The zero-order valence-corrected chi connectivity index (χ0v) is 12.6. The van der Waals surface area contributed by atoms with Crippen LogP contribution in [0.2, 0.25) is 0 Å². The van der Waals surface area contributed by atoms with Crippen LogP contribution in [0.4, 0.5) is 5.69 Å². The highest BCUT2D eigenvalue weighted by Crippen LogP contribution is 2.23. The van der Waals surface area contributed by atoms with Crippen molar-refractivity contribution in [2.45, 2.75) is 0 Å². The number of carbonyl (C=O) groups is 1. The molecule has 1 aromatic carbocycles. The molecule has 0 fully saturated rings. The van der Waals surface area contributed by atoms with Gasteiger partial charge in [0.2, 0.25) is 0 Å². The van der Waals surface area contributed by atoms with E-state index in [4.69, 9.17) is 0 Å². The molecule has 2 heterocycles. The van der Waals surface area contributed by atoms with E-state index in [1.54, 1.807) is 36.8 Å². The summed E-state index contributed by atoms with van der Waals surface area (Å²) in [7, 11) is 1.64. The zero-order chi connectivity index (χ0) is 15.5. The van der Waals surface area contributed by atoms with Gasteiger partial charge in [-0.1, -0.05) is 0 Å². The molecule has 110 valence electrons. The highest BCUT2D eigenvalue weighted by atomic mass is 32.1. The second-order valence-electron chi connectivity index (χ2n) is 4.73. The molecular formula is C16H13N3O2S. The van der Waals surface area contributed by atoms with E-state index in [1.165, 1.54) is 10.6 Å². The Morgan fingerprint density at radius 3 is 2.64 bits per heavy atom. The van der Waals surface area contributed by atoms with E-state index in [9.17, 15) is 9.59 Å². The maximum atomic E-state index is 12.1. The number of pyridine rings is 1. The van der Waals surface area contributed by atoms with Crippen molar-refractivity contribution in [3.8, 4) is 10.6 Å². The summed E-state index contributed by atoms with van der Waals surface area (Å²) in [4.78, 5) is 27.9. The van der Waals surface area contributed by atoms with Crippen LogP contribution in [0, 0.1) is 0 Å². The van der Waals surface area contributed by atoms with E-state index in [0.29, 0.717) is 11.3 Å². The molecule has 22 heavy (non-hydrogen) atoms. The smallest absolute Gasteiger partial charge is 0.255 e. The first-order valence-corrected chi connectivity index (χ1v) is 7.49. The van der Waals surface area contributed by atoms with Gasteiger partial charge in [-0.2, -0.15) is 0 Å². The summed E-state index contributed by atoms with van der Waals surface area (Å²) in [6, 6.07) is 10.4. The Balaban J connectivity index is 1.76. The number of aryl methyl sites for hydroxylation is 1. The number of carbonyl (C=O) groups excluding carboxylic acids is 1. The van der Waals surface area contributed by atoms with Crippen LogP contribution in [0.3, 0.4) is 0 Å². The van der Waals surface area contributed by atoms with Crippen molar-refractivity contribution in [3.63, 3.8) is 0 Å². The largest absolute Gasteiger partial charge is 0.322 e. The van der Waals surface area contributed by atoms with Crippen LogP contribution >= 0.6 is 11.3 Å². The van der Waals surface area contributed by atoms with E-state index in [2.05, 4.69) is 10.3 Å². The Bertz CT molecular complexity index is 852. The molecule has 3 aromatic rings. The highest BCUT2D eigenvalue weighted by molar-refractivity contribution is 7.13. The lowest BCUT2D eigenvalue weighted by molar-refractivity contribution is 0.102. The van der Waals surface area contributed by atoms with Crippen LogP contribution in [-0.4, -0.2) is 15.5 Å². The lowest BCUT2D eigenvalue weighted by Crippen LogP contribution is -2.19. The van der Waals surface area contributed by atoms with Crippen molar-refractivity contribution in [2.24, 2.45) is 7.05 Å². The molecule has 1 N–H and O–H groups in total. The normalized spacial score (nSPS) is 10.4. The van der Waals surface area contributed by atoms with Crippen LogP contribution in [0.25, 0.3) is 10.6 Å². The third-order valence-electron chi connectivity index (χ3n) is 3.19. The van der Waals surface area contributed by atoms with Crippen LogP contribution in [0.5, 0.6) is 0 Å². The molecule has 0 aliphatic carbocycles. The van der Waals surface area contributed by atoms with Gasteiger partial charge in [0.15, 0.2) is 0 Å². The summed E-state index contributed by atoms with van der Waals surface area (Å²) in [5, 5.41) is 5.63. The maximum absolute atomic E-state index is 12.1. The molecule has 0 bridgehead atoms. The van der Waals surface area contributed by atoms with E-state index < -0.39 is 0 Å². The second-order valence-corrected chi connectivity index (χ2v) is 5.63. The monoisotopic (exact) mass is 311 g/mol. The fourth-order valence-corrected chi connectivity index (χ4v) is 2.60. The Morgan fingerprint density at radius 1 is 1.23 bits per heavy atom. The highest BCUT2D eigenvalue weighted by Gasteiger charge is 2.08. The van der Waals surface area contributed by atoms with E-state index in [1.807, 2.05) is 29.6 Å². The number of hydrogen-bond acceptors (Lipinski definition) is 4. The number of rotatable bonds is 3. The summed E-state index contributed by atoms with van der Waals surface area (Å²) in [6.07, 6.45) is 3.33. The van der Waals surface area contributed by atoms with Gasteiger partial charge in [0.1, 0.15) is 5.01 Å². The number of anilines is 1.